The van der Waals surface area contributed by atoms with Gasteiger partial charge < -0.3 is 9.84 Å². The van der Waals surface area contributed by atoms with Crippen LogP contribution < -0.4 is 5.43 Å². The normalized spacial score (nSPS) is 19.3. The van der Waals surface area contributed by atoms with Crippen LogP contribution in [-0.2, 0) is 24.2 Å². The summed E-state index contributed by atoms with van der Waals surface area (Å²) >= 11 is 0. The third-order valence-electron chi connectivity index (χ3n) is 6.44. The molecule has 3 aromatic rings. The molecule has 5 rings (SSSR count). The highest BCUT2D eigenvalue weighted by atomic mass is 19.1. The monoisotopic (exact) mass is 439 g/mol. The van der Waals surface area contributed by atoms with Crippen molar-refractivity contribution < 1.29 is 18.6 Å². The number of aromatic nitrogens is 2. The Bertz CT molecular complexity index is 1190. The van der Waals surface area contributed by atoms with Crippen molar-refractivity contribution in [3.8, 4) is 5.75 Å². The van der Waals surface area contributed by atoms with Crippen LogP contribution in [0.3, 0.4) is 0 Å². The topological polar surface area (TPSA) is 67.6 Å². The van der Waals surface area contributed by atoms with Crippen LogP contribution in [0.1, 0.15) is 39.9 Å². The minimum Gasteiger partial charge on any atom is -0.503 e. The number of likely N-dealkylation sites (N-methyl/N-ethyl adjacent to an activating group) is 1. The number of hydrogen-bond acceptors (Lipinski definition) is 5. The average molecular weight is 439 g/mol. The smallest absolute Gasteiger partial charge is 0.242 e. The fourth-order valence-corrected chi connectivity index (χ4v) is 5.00. The van der Waals surface area contributed by atoms with Crippen LogP contribution in [0, 0.1) is 11.6 Å². The van der Waals surface area contributed by atoms with E-state index in [2.05, 4.69) is 5.10 Å². The van der Waals surface area contributed by atoms with Gasteiger partial charge in [0.2, 0.25) is 5.43 Å². The summed E-state index contributed by atoms with van der Waals surface area (Å²) in [7, 11) is 1.88. The predicted octanol–water partition coefficient (Wildman–Crippen LogP) is 3.12. The van der Waals surface area contributed by atoms with E-state index in [4.69, 9.17) is 4.74 Å². The van der Waals surface area contributed by atoms with E-state index in [1.165, 1.54) is 12.1 Å². The SMILES string of the molecule is CN1COCc2c(O)c(=O)cnn2C(C2c3cccc(F)c3CCc3c(F)cccc32)C1. The zero-order valence-electron chi connectivity index (χ0n) is 17.6. The molecular weight excluding hydrogens is 416 g/mol. The van der Waals surface area contributed by atoms with Gasteiger partial charge in [0.15, 0.2) is 5.75 Å². The van der Waals surface area contributed by atoms with Crippen LogP contribution in [0.25, 0.3) is 0 Å². The molecule has 2 heterocycles. The van der Waals surface area contributed by atoms with Crippen LogP contribution >= 0.6 is 0 Å². The van der Waals surface area contributed by atoms with Crippen molar-refractivity contribution in [3.63, 3.8) is 0 Å². The van der Waals surface area contributed by atoms with Gasteiger partial charge in [-0.1, -0.05) is 24.3 Å². The molecule has 2 aliphatic rings. The number of hydrogen-bond donors (Lipinski definition) is 1. The van der Waals surface area contributed by atoms with E-state index in [0.29, 0.717) is 30.5 Å². The molecule has 0 fully saturated rings. The Morgan fingerprint density at radius 1 is 1.06 bits per heavy atom. The first kappa shape index (κ1) is 20.8. The quantitative estimate of drug-likeness (QED) is 0.631. The molecule has 2 aromatic carbocycles. The molecule has 1 atom stereocenters. The maximum Gasteiger partial charge on any atom is 0.242 e. The molecule has 0 amide bonds. The lowest BCUT2D eigenvalue weighted by atomic mass is 9.82. The summed E-state index contributed by atoms with van der Waals surface area (Å²) < 4.78 is 37.1. The Morgan fingerprint density at radius 2 is 1.69 bits per heavy atom. The molecule has 0 radical (unpaired) electrons. The Labute approximate surface area is 183 Å². The van der Waals surface area contributed by atoms with Crippen molar-refractivity contribution >= 4 is 0 Å². The van der Waals surface area contributed by atoms with Crippen molar-refractivity contribution in [2.24, 2.45) is 0 Å². The van der Waals surface area contributed by atoms with Crippen molar-refractivity contribution in [1.29, 1.82) is 0 Å². The van der Waals surface area contributed by atoms with Crippen molar-refractivity contribution in [2.45, 2.75) is 31.4 Å². The molecule has 0 spiro atoms. The highest BCUT2D eigenvalue weighted by Gasteiger charge is 2.36. The molecule has 1 unspecified atom stereocenters. The minimum absolute atomic E-state index is 0.00547. The summed E-state index contributed by atoms with van der Waals surface area (Å²) in [6.07, 6.45) is 1.84. The summed E-state index contributed by atoms with van der Waals surface area (Å²) in [5, 5.41) is 14.8. The maximum atomic E-state index is 14.9. The van der Waals surface area contributed by atoms with E-state index in [9.17, 15) is 18.7 Å². The standard InChI is InChI=1S/C24H23F2N3O3/c1-28-11-20(29-21(12-32-13-28)24(31)22(30)10-27-29)23-16-4-2-6-18(25)14(16)8-9-15-17(23)5-3-7-19(15)26/h2-7,10,20,23,31H,8-9,11-13H2,1H3. The third kappa shape index (κ3) is 3.40. The first-order chi connectivity index (χ1) is 15.5. The lowest BCUT2D eigenvalue weighted by Crippen LogP contribution is -2.38. The van der Waals surface area contributed by atoms with Gasteiger partial charge in [-0.25, -0.2) is 8.78 Å². The Morgan fingerprint density at radius 3 is 2.31 bits per heavy atom. The highest BCUT2D eigenvalue weighted by Crippen LogP contribution is 2.43. The van der Waals surface area contributed by atoms with Gasteiger partial charge in [0, 0.05) is 12.5 Å². The molecule has 1 aliphatic heterocycles. The van der Waals surface area contributed by atoms with Gasteiger partial charge in [0.1, 0.15) is 17.3 Å². The molecule has 0 saturated heterocycles. The Hall–Kier alpha value is -3.10. The average Bonchev–Trinajstić information content (AvgIpc) is 2.93. The van der Waals surface area contributed by atoms with E-state index in [-0.39, 0.29) is 30.7 Å². The third-order valence-corrected chi connectivity index (χ3v) is 6.44. The van der Waals surface area contributed by atoms with Gasteiger partial charge in [0.25, 0.3) is 0 Å². The Balaban J connectivity index is 1.80. The van der Waals surface area contributed by atoms with Crippen molar-refractivity contribution in [2.75, 3.05) is 20.3 Å². The zero-order chi connectivity index (χ0) is 22.4. The molecule has 0 saturated carbocycles. The minimum atomic E-state index is -0.591. The second-order valence-electron chi connectivity index (χ2n) is 8.43. The number of aromatic hydroxyl groups is 1. The molecule has 1 N–H and O–H groups in total. The van der Waals surface area contributed by atoms with Crippen LogP contribution in [0.5, 0.6) is 5.75 Å². The number of benzene rings is 2. The maximum absolute atomic E-state index is 14.9. The van der Waals surface area contributed by atoms with E-state index < -0.39 is 23.1 Å². The largest absolute Gasteiger partial charge is 0.503 e. The lowest BCUT2D eigenvalue weighted by Gasteiger charge is -2.36. The molecule has 6 nitrogen and oxygen atoms in total. The van der Waals surface area contributed by atoms with Crippen LogP contribution in [0.2, 0.25) is 0 Å². The lowest BCUT2D eigenvalue weighted by molar-refractivity contribution is 0.00534. The first-order valence-electron chi connectivity index (χ1n) is 10.6. The van der Waals surface area contributed by atoms with Gasteiger partial charge >= 0.3 is 0 Å². The second kappa shape index (κ2) is 8.11. The fraction of sp³-hybridized carbons (Fsp3) is 0.333. The zero-order valence-corrected chi connectivity index (χ0v) is 17.6. The first-order valence-corrected chi connectivity index (χ1v) is 10.6. The molecule has 166 valence electrons. The van der Waals surface area contributed by atoms with Crippen LogP contribution in [-0.4, -0.2) is 40.1 Å². The summed E-state index contributed by atoms with van der Waals surface area (Å²) in [4.78, 5) is 14.0. The number of halogens is 2. The number of ether oxygens (including phenoxy) is 1. The molecule has 0 bridgehead atoms. The van der Waals surface area contributed by atoms with E-state index in [1.54, 1.807) is 16.8 Å². The summed E-state index contributed by atoms with van der Waals surface area (Å²) in [5.74, 6) is -1.50. The second-order valence-corrected chi connectivity index (χ2v) is 8.43. The summed E-state index contributed by atoms with van der Waals surface area (Å²) in [5.41, 5.74) is 2.31. The molecular formula is C24H23F2N3O3. The number of fused-ring (bicyclic) bond motifs is 3. The fourth-order valence-electron chi connectivity index (χ4n) is 5.00. The Kier molecular flexibility index (Phi) is 5.27. The van der Waals surface area contributed by atoms with Gasteiger partial charge in [0.05, 0.1) is 25.6 Å². The molecule has 32 heavy (non-hydrogen) atoms. The van der Waals surface area contributed by atoms with Gasteiger partial charge in [-0.15, -0.1) is 0 Å². The van der Waals surface area contributed by atoms with Gasteiger partial charge in [-0.05, 0) is 54.3 Å². The predicted molar refractivity (Wildman–Crippen MR) is 114 cm³/mol. The van der Waals surface area contributed by atoms with Gasteiger partial charge in [-0.3, -0.25) is 14.4 Å². The highest BCUT2D eigenvalue weighted by molar-refractivity contribution is 5.47. The number of nitrogens with zero attached hydrogens (tertiary/aromatic N) is 3. The van der Waals surface area contributed by atoms with Gasteiger partial charge in [-0.2, -0.15) is 5.10 Å². The number of rotatable bonds is 1. The van der Waals surface area contributed by atoms with Crippen LogP contribution in [0.15, 0.2) is 47.4 Å². The summed E-state index contributed by atoms with van der Waals surface area (Å²) in [6, 6.07) is 9.49. The van der Waals surface area contributed by atoms with E-state index in [0.717, 1.165) is 17.3 Å². The summed E-state index contributed by atoms with van der Waals surface area (Å²) in [6.45, 7) is 0.700. The molecule has 1 aromatic heterocycles. The molecule has 1 aliphatic carbocycles. The molecule has 8 heteroatoms. The van der Waals surface area contributed by atoms with Crippen molar-refractivity contribution in [3.05, 3.63) is 92.4 Å². The van der Waals surface area contributed by atoms with E-state index >= 15 is 0 Å². The van der Waals surface area contributed by atoms with Crippen molar-refractivity contribution in [1.82, 2.24) is 14.7 Å². The van der Waals surface area contributed by atoms with Crippen LogP contribution in [0.4, 0.5) is 8.78 Å². The van der Waals surface area contributed by atoms with E-state index in [1.807, 2.05) is 24.1 Å².